The summed E-state index contributed by atoms with van der Waals surface area (Å²) in [5.41, 5.74) is 2.57. The molecule has 0 spiro atoms. The lowest BCUT2D eigenvalue weighted by Gasteiger charge is -2.35. The third kappa shape index (κ3) is 3.76. The summed E-state index contributed by atoms with van der Waals surface area (Å²) in [4.78, 5) is 2.16. The van der Waals surface area contributed by atoms with Crippen LogP contribution in [-0.4, -0.2) is 25.0 Å². The number of nitrogens with zero attached hydrogens (tertiary/aromatic N) is 1. The third-order valence-corrected chi connectivity index (χ3v) is 4.74. The molecular weight excluding hydrogens is 335 g/mol. The summed E-state index contributed by atoms with van der Waals surface area (Å²) < 4.78 is 39.1. The van der Waals surface area contributed by atoms with Crippen LogP contribution in [0.3, 0.4) is 0 Å². The molecule has 2 aromatic carbocycles. The molecule has 5 heteroatoms. The van der Waals surface area contributed by atoms with Crippen molar-refractivity contribution < 1.29 is 13.2 Å². The first kappa shape index (κ1) is 18.8. The van der Waals surface area contributed by atoms with Gasteiger partial charge in [-0.1, -0.05) is 42.5 Å². The SMILES string of the molecule is CN(C)[C@@H]1Cc2ccccc2[C@@H](c2cccc(C(F)(F)F)c2)C1.Cl. The lowest BCUT2D eigenvalue weighted by molar-refractivity contribution is -0.137. The monoisotopic (exact) mass is 355 g/mol. The Morgan fingerprint density at radius 2 is 1.71 bits per heavy atom. The minimum atomic E-state index is -4.30. The summed E-state index contributed by atoms with van der Waals surface area (Å²) in [7, 11) is 4.06. The van der Waals surface area contributed by atoms with Crippen LogP contribution in [-0.2, 0) is 12.6 Å². The van der Waals surface area contributed by atoms with E-state index in [4.69, 9.17) is 0 Å². The van der Waals surface area contributed by atoms with Gasteiger partial charge in [-0.05, 0) is 49.7 Å². The van der Waals surface area contributed by atoms with E-state index in [-0.39, 0.29) is 18.3 Å². The predicted molar refractivity (Wildman–Crippen MR) is 92.8 cm³/mol. The number of rotatable bonds is 2. The van der Waals surface area contributed by atoms with Crippen LogP contribution in [0.2, 0.25) is 0 Å². The average molecular weight is 356 g/mol. The van der Waals surface area contributed by atoms with Gasteiger partial charge in [-0.15, -0.1) is 12.4 Å². The van der Waals surface area contributed by atoms with E-state index in [1.165, 1.54) is 17.7 Å². The molecule has 1 aliphatic rings. The number of hydrogen-bond donors (Lipinski definition) is 0. The Balaban J connectivity index is 0.00000208. The third-order valence-electron chi connectivity index (χ3n) is 4.74. The zero-order valence-corrected chi connectivity index (χ0v) is 14.5. The van der Waals surface area contributed by atoms with Crippen molar-refractivity contribution in [1.29, 1.82) is 0 Å². The van der Waals surface area contributed by atoms with Crippen LogP contribution < -0.4 is 0 Å². The van der Waals surface area contributed by atoms with Crippen LogP contribution in [0.1, 0.15) is 34.6 Å². The maximum absolute atomic E-state index is 13.0. The van der Waals surface area contributed by atoms with E-state index < -0.39 is 11.7 Å². The Morgan fingerprint density at radius 3 is 2.38 bits per heavy atom. The average Bonchev–Trinajstić information content (AvgIpc) is 2.53. The highest BCUT2D eigenvalue weighted by Crippen LogP contribution is 2.39. The largest absolute Gasteiger partial charge is 0.416 e. The molecule has 24 heavy (non-hydrogen) atoms. The van der Waals surface area contributed by atoms with Gasteiger partial charge in [-0.2, -0.15) is 13.2 Å². The second-order valence-electron chi connectivity index (χ2n) is 6.43. The number of halogens is 4. The molecule has 0 N–H and O–H groups in total. The van der Waals surface area contributed by atoms with Crippen molar-refractivity contribution in [1.82, 2.24) is 4.90 Å². The Morgan fingerprint density at radius 1 is 1.00 bits per heavy atom. The maximum atomic E-state index is 13.0. The van der Waals surface area contributed by atoms with Crippen molar-refractivity contribution in [3.05, 3.63) is 70.8 Å². The quantitative estimate of drug-likeness (QED) is 0.721. The van der Waals surface area contributed by atoms with E-state index in [0.29, 0.717) is 6.04 Å². The fraction of sp³-hybridized carbons (Fsp3) is 0.368. The van der Waals surface area contributed by atoms with Crippen LogP contribution in [0.25, 0.3) is 0 Å². The smallest absolute Gasteiger partial charge is 0.306 e. The standard InChI is InChI=1S/C19H20F3N.ClH/c1-23(2)16-11-14-6-3-4-9-17(14)18(12-16)13-7-5-8-15(10-13)19(20,21)22;/h3-10,16,18H,11-12H2,1-2H3;1H/t16-,18-;/m1./s1. The molecule has 0 bridgehead atoms. The fourth-order valence-corrected chi connectivity index (χ4v) is 3.44. The van der Waals surface area contributed by atoms with Gasteiger partial charge in [-0.3, -0.25) is 0 Å². The summed E-state index contributed by atoms with van der Waals surface area (Å²) in [6.07, 6.45) is -2.52. The van der Waals surface area contributed by atoms with Crippen LogP contribution in [0.4, 0.5) is 13.2 Å². The van der Waals surface area contributed by atoms with Crippen molar-refractivity contribution in [2.24, 2.45) is 0 Å². The molecule has 0 amide bonds. The summed E-state index contributed by atoms with van der Waals surface area (Å²) in [5, 5.41) is 0. The van der Waals surface area contributed by atoms with Gasteiger partial charge < -0.3 is 4.90 Å². The zero-order valence-electron chi connectivity index (χ0n) is 13.7. The summed E-state index contributed by atoms with van der Waals surface area (Å²) in [6, 6.07) is 14.2. The van der Waals surface area contributed by atoms with E-state index in [9.17, 15) is 13.2 Å². The summed E-state index contributed by atoms with van der Waals surface area (Å²) in [5.74, 6) is 0.00894. The van der Waals surface area contributed by atoms with Crippen molar-refractivity contribution in [3.63, 3.8) is 0 Å². The highest BCUT2D eigenvalue weighted by atomic mass is 35.5. The van der Waals surface area contributed by atoms with Gasteiger partial charge in [0, 0.05) is 12.0 Å². The van der Waals surface area contributed by atoms with Crippen molar-refractivity contribution in [2.45, 2.75) is 31.0 Å². The number of benzene rings is 2. The van der Waals surface area contributed by atoms with Crippen molar-refractivity contribution in [2.75, 3.05) is 14.1 Å². The molecule has 0 saturated heterocycles. The predicted octanol–water partition coefficient (Wildman–Crippen LogP) is 5.14. The molecule has 0 fully saturated rings. The molecule has 3 rings (SSSR count). The Hall–Kier alpha value is -1.52. The second-order valence-corrected chi connectivity index (χ2v) is 6.43. The van der Waals surface area contributed by atoms with Gasteiger partial charge in [0.05, 0.1) is 5.56 Å². The van der Waals surface area contributed by atoms with Gasteiger partial charge >= 0.3 is 6.18 Å². The Bertz CT molecular complexity index is 697. The van der Waals surface area contributed by atoms with Gasteiger partial charge in [0.15, 0.2) is 0 Å². The van der Waals surface area contributed by atoms with Crippen molar-refractivity contribution >= 4 is 12.4 Å². The van der Waals surface area contributed by atoms with Crippen LogP contribution in [0, 0.1) is 0 Å². The number of fused-ring (bicyclic) bond motifs is 1. The summed E-state index contributed by atoms with van der Waals surface area (Å²) >= 11 is 0. The number of alkyl halides is 3. The number of hydrogen-bond acceptors (Lipinski definition) is 1. The molecule has 1 nitrogen and oxygen atoms in total. The molecule has 0 unspecified atom stereocenters. The summed E-state index contributed by atoms with van der Waals surface area (Å²) in [6.45, 7) is 0. The molecule has 2 aromatic rings. The topological polar surface area (TPSA) is 3.24 Å². The van der Waals surface area contributed by atoms with Crippen LogP contribution >= 0.6 is 12.4 Å². The van der Waals surface area contributed by atoms with Gasteiger partial charge in [0.1, 0.15) is 0 Å². The molecule has 130 valence electrons. The molecule has 2 atom stereocenters. The highest BCUT2D eigenvalue weighted by Gasteiger charge is 2.33. The van der Waals surface area contributed by atoms with Crippen LogP contribution in [0.5, 0.6) is 0 Å². The second kappa shape index (κ2) is 7.16. The Labute approximate surface area is 146 Å². The lowest BCUT2D eigenvalue weighted by atomic mass is 9.76. The van der Waals surface area contributed by atoms with Gasteiger partial charge in [0.25, 0.3) is 0 Å². The molecule has 0 saturated carbocycles. The molecule has 0 heterocycles. The maximum Gasteiger partial charge on any atom is 0.416 e. The van der Waals surface area contributed by atoms with Crippen molar-refractivity contribution in [3.8, 4) is 0 Å². The minimum absolute atomic E-state index is 0. The molecule has 0 radical (unpaired) electrons. The molecule has 0 aliphatic heterocycles. The van der Waals surface area contributed by atoms with E-state index in [1.807, 2.05) is 38.4 Å². The Kier molecular flexibility index (Phi) is 5.61. The first-order chi connectivity index (χ1) is 10.9. The first-order valence-electron chi connectivity index (χ1n) is 7.77. The fourth-order valence-electron chi connectivity index (χ4n) is 3.44. The van der Waals surface area contributed by atoms with E-state index in [0.717, 1.165) is 30.0 Å². The van der Waals surface area contributed by atoms with Gasteiger partial charge in [-0.25, -0.2) is 0 Å². The lowest BCUT2D eigenvalue weighted by Crippen LogP contribution is -2.35. The zero-order chi connectivity index (χ0) is 16.6. The molecular formula is C19H21ClF3N. The first-order valence-corrected chi connectivity index (χ1v) is 7.77. The number of likely N-dealkylation sites (N-methyl/N-ethyl adjacent to an activating group) is 1. The van der Waals surface area contributed by atoms with E-state index in [1.54, 1.807) is 0 Å². The van der Waals surface area contributed by atoms with Crippen LogP contribution in [0.15, 0.2) is 48.5 Å². The minimum Gasteiger partial charge on any atom is -0.306 e. The van der Waals surface area contributed by atoms with E-state index >= 15 is 0 Å². The molecule has 0 aromatic heterocycles. The highest BCUT2D eigenvalue weighted by molar-refractivity contribution is 5.85. The van der Waals surface area contributed by atoms with Gasteiger partial charge in [0.2, 0.25) is 0 Å². The normalized spacial score (nSPS) is 20.4. The molecule has 1 aliphatic carbocycles. The van der Waals surface area contributed by atoms with E-state index in [2.05, 4.69) is 11.0 Å².